The molecule has 0 saturated carbocycles. The Morgan fingerprint density at radius 2 is 2.10 bits per heavy atom. The lowest BCUT2D eigenvalue weighted by atomic mass is 10.0. The number of likely N-dealkylation sites (N-methyl/N-ethyl adjacent to an activating group) is 1. The molecule has 2 aromatic heterocycles. The number of hydrogen-bond donors (Lipinski definition) is 1. The fraction of sp³-hybridized carbons (Fsp3) is 0.562. The van der Waals surface area contributed by atoms with E-state index in [1.165, 1.54) is 11.1 Å². The maximum absolute atomic E-state index is 4.43. The highest BCUT2D eigenvalue weighted by Gasteiger charge is 2.16. The zero-order chi connectivity index (χ0) is 15.2. The van der Waals surface area contributed by atoms with E-state index in [1.54, 1.807) is 6.33 Å². The van der Waals surface area contributed by atoms with Crippen LogP contribution in [0, 0.1) is 12.8 Å². The molecule has 0 aromatic carbocycles. The number of nitrogens with one attached hydrogen (secondary N) is 1. The van der Waals surface area contributed by atoms with Gasteiger partial charge < -0.3 is 5.32 Å². The smallest absolute Gasteiger partial charge is 0.138 e. The molecule has 2 aromatic rings. The summed E-state index contributed by atoms with van der Waals surface area (Å²) in [5, 5.41) is 7.87. The third-order valence-corrected chi connectivity index (χ3v) is 3.37. The van der Waals surface area contributed by atoms with Gasteiger partial charge in [-0.15, -0.1) is 0 Å². The van der Waals surface area contributed by atoms with Crippen LogP contribution in [0.15, 0.2) is 24.8 Å². The summed E-state index contributed by atoms with van der Waals surface area (Å²) >= 11 is 0. The Morgan fingerprint density at radius 3 is 2.76 bits per heavy atom. The standard InChI is InChI=1S/C16H25N5/c1-5-18-15(14-6-13(4)8-17-9-14)7-16-19-11-20-21(16)10-12(2)3/h6,8-9,11-12,15,18H,5,7,10H2,1-4H3. The van der Waals surface area contributed by atoms with Crippen molar-refractivity contribution in [3.05, 3.63) is 41.7 Å². The number of nitrogens with zero attached hydrogens (tertiary/aromatic N) is 4. The maximum Gasteiger partial charge on any atom is 0.138 e. The van der Waals surface area contributed by atoms with Crippen LogP contribution >= 0.6 is 0 Å². The van der Waals surface area contributed by atoms with E-state index in [1.807, 2.05) is 17.1 Å². The van der Waals surface area contributed by atoms with E-state index in [0.717, 1.165) is 25.3 Å². The zero-order valence-electron chi connectivity index (χ0n) is 13.4. The molecule has 0 amide bonds. The zero-order valence-corrected chi connectivity index (χ0v) is 13.4. The number of hydrogen-bond acceptors (Lipinski definition) is 4. The van der Waals surface area contributed by atoms with Crippen LogP contribution in [-0.2, 0) is 13.0 Å². The number of aryl methyl sites for hydroxylation is 1. The van der Waals surface area contributed by atoms with Crippen LogP contribution in [0.3, 0.4) is 0 Å². The Bertz CT molecular complexity index is 561. The minimum Gasteiger partial charge on any atom is -0.310 e. The summed E-state index contributed by atoms with van der Waals surface area (Å²) in [4.78, 5) is 8.74. The lowest BCUT2D eigenvalue weighted by molar-refractivity contribution is 0.446. The molecule has 2 heterocycles. The molecule has 1 atom stereocenters. The van der Waals surface area contributed by atoms with Gasteiger partial charge in [-0.25, -0.2) is 9.67 Å². The highest BCUT2D eigenvalue weighted by atomic mass is 15.3. The molecular formula is C16H25N5. The largest absolute Gasteiger partial charge is 0.310 e. The van der Waals surface area contributed by atoms with Gasteiger partial charge in [0.15, 0.2) is 0 Å². The molecule has 1 N–H and O–H groups in total. The molecule has 1 unspecified atom stereocenters. The lowest BCUT2D eigenvalue weighted by Gasteiger charge is -2.19. The van der Waals surface area contributed by atoms with E-state index in [-0.39, 0.29) is 6.04 Å². The first kappa shape index (κ1) is 15.6. The van der Waals surface area contributed by atoms with E-state index in [0.29, 0.717) is 5.92 Å². The SMILES string of the molecule is CCNC(Cc1ncnn1CC(C)C)c1cncc(C)c1. The van der Waals surface area contributed by atoms with Crippen molar-refractivity contribution in [2.24, 2.45) is 5.92 Å². The predicted octanol–water partition coefficient (Wildman–Crippen LogP) is 2.53. The topological polar surface area (TPSA) is 55.6 Å². The van der Waals surface area contributed by atoms with Crippen LogP contribution in [-0.4, -0.2) is 26.3 Å². The third-order valence-electron chi connectivity index (χ3n) is 3.37. The average Bonchev–Trinajstić information content (AvgIpc) is 2.85. The van der Waals surface area contributed by atoms with E-state index < -0.39 is 0 Å². The first-order chi connectivity index (χ1) is 10.1. The molecule has 2 rings (SSSR count). The normalized spacial score (nSPS) is 12.8. The summed E-state index contributed by atoms with van der Waals surface area (Å²) in [6.07, 6.45) is 6.29. The van der Waals surface area contributed by atoms with Gasteiger partial charge >= 0.3 is 0 Å². The molecule has 0 radical (unpaired) electrons. The summed E-state index contributed by atoms with van der Waals surface area (Å²) < 4.78 is 2.01. The van der Waals surface area contributed by atoms with Gasteiger partial charge in [-0.05, 0) is 30.5 Å². The van der Waals surface area contributed by atoms with Crippen LogP contribution in [0.5, 0.6) is 0 Å². The highest BCUT2D eigenvalue weighted by molar-refractivity contribution is 5.21. The number of rotatable bonds is 7. The Hall–Kier alpha value is -1.75. The molecule has 5 heteroatoms. The first-order valence-electron chi connectivity index (χ1n) is 7.61. The van der Waals surface area contributed by atoms with Crippen LogP contribution < -0.4 is 5.32 Å². The molecule has 0 aliphatic carbocycles. The van der Waals surface area contributed by atoms with Crippen molar-refractivity contribution in [2.45, 2.75) is 46.7 Å². The summed E-state index contributed by atoms with van der Waals surface area (Å²) in [5.74, 6) is 1.58. The van der Waals surface area contributed by atoms with Crippen molar-refractivity contribution >= 4 is 0 Å². The van der Waals surface area contributed by atoms with Crippen molar-refractivity contribution in [3.63, 3.8) is 0 Å². The fourth-order valence-electron chi connectivity index (χ4n) is 2.45. The van der Waals surface area contributed by atoms with Crippen molar-refractivity contribution < 1.29 is 0 Å². The number of pyridine rings is 1. The summed E-state index contributed by atoms with van der Waals surface area (Å²) in [7, 11) is 0. The molecule has 114 valence electrons. The predicted molar refractivity (Wildman–Crippen MR) is 84.0 cm³/mol. The van der Waals surface area contributed by atoms with E-state index >= 15 is 0 Å². The van der Waals surface area contributed by atoms with Crippen molar-refractivity contribution in [1.82, 2.24) is 25.1 Å². The van der Waals surface area contributed by atoms with Crippen LogP contribution in [0.25, 0.3) is 0 Å². The second-order valence-corrected chi connectivity index (χ2v) is 5.86. The van der Waals surface area contributed by atoms with Gasteiger partial charge in [0.05, 0.1) is 0 Å². The van der Waals surface area contributed by atoms with Gasteiger partial charge in [0, 0.05) is 31.4 Å². The van der Waals surface area contributed by atoms with Crippen molar-refractivity contribution in [2.75, 3.05) is 6.54 Å². The molecular weight excluding hydrogens is 262 g/mol. The van der Waals surface area contributed by atoms with Gasteiger partial charge in [-0.2, -0.15) is 5.10 Å². The second-order valence-electron chi connectivity index (χ2n) is 5.86. The molecule has 5 nitrogen and oxygen atoms in total. The third kappa shape index (κ3) is 4.36. The fourth-order valence-corrected chi connectivity index (χ4v) is 2.45. The van der Waals surface area contributed by atoms with Gasteiger partial charge in [0.1, 0.15) is 12.2 Å². The van der Waals surface area contributed by atoms with Gasteiger partial charge in [-0.3, -0.25) is 4.98 Å². The Labute approximate surface area is 126 Å². The molecule has 0 saturated heterocycles. The van der Waals surface area contributed by atoms with Gasteiger partial charge in [-0.1, -0.05) is 26.8 Å². The first-order valence-corrected chi connectivity index (χ1v) is 7.61. The maximum atomic E-state index is 4.43. The van der Waals surface area contributed by atoms with E-state index in [4.69, 9.17) is 0 Å². The minimum atomic E-state index is 0.220. The molecule has 0 aliphatic rings. The minimum absolute atomic E-state index is 0.220. The van der Waals surface area contributed by atoms with Gasteiger partial charge in [0.25, 0.3) is 0 Å². The Morgan fingerprint density at radius 1 is 1.29 bits per heavy atom. The molecule has 0 bridgehead atoms. The van der Waals surface area contributed by atoms with Crippen molar-refractivity contribution in [1.29, 1.82) is 0 Å². The highest BCUT2D eigenvalue weighted by Crippen LogP contribution is 2.18. The summed E-state index contributed by atoms with van der Waals surface area (Å²) in [5.41, 5.74) is 2.38. The van der Waals surface area contributed by atoms with Crippen LogP contribution in [0.4, 0.5) is 0 Å². The van der Waals surface area contributed by atoms with Crippen LogP contribution in [0.2, 0.25) is 0 Å². The molecule has 0 fully saturated rings. The van der Waals surface area contributed by atoms with E-state index in [9.17, 15) is 0 Å². The molecule has 21 heavy (non-hydrogen) atoms. The van der Waals surface area contributed by atoms with Crippen LogP contribution in [0.1, 0.15) is 43.8 Å². The average molecular weight is 287 g/mol. The second kappa shape index (κ2) is 7.31. The van der Waals surface area contributed by atoms with Gasteiger partial charge in [0.2, 0.25) is 0 Å². The summed E-state index contributed by atoms with van der Waals surface area (Å²) in [6, 6.07) is 2.40. The quantitative estimate of drug-likeness (QED) is 0.850. The monoisotopic (exact) mass is 287 g/mol. The molecule has 0 spiro atoms. The summed E-state index contributed by atoms with van der Waals surface area (Å²) in [6.45, 7) is 10.4. The van der Waals surface area contributed by atoms with Crippen molar-refractivity contribution in [3.8, 4) is 0 Å². The van der Waals surface area contributed by atoms with E-state index in [2.05, 4.69) is 54.1 Å². The molecule has 0 aliphatic heterocycles. The number of aromatic nitrogens is 4. The Balaban J connectivity index is 2.18. The lowest BCUT2D eigenvalue weighted by Crippen LogP contribution is -2.25. The Kier molecular flexibility index (Phi) is 5.44.